The summed E-state index contributed by atoms with van der Waals surface area (Å²) in [5.41, 5.74) is 0. The molecule has 6 nitrogen and oxygen atoms in total. The first-order chi connectivity index (χ1) is 15.9. The SMILES string of the molecule is CC(C)N(C(=O)NC1CCC(CCN2CCN(c3nsc4ccccc34)CC2)CC1)C(C)C. The van der Waals surface area contributed by atoms with Crippen LogP contribution in [-0.2, 0) is 0 Å². The molecule has 0 atom stereocenters. The van der Waals surface area contributed by atoms with Gasteiger partial charge in [0.2, 0.25) is 0 Å². The van der Waals surface area contributed by atoms with Crippen LogP contribution in [-0.4, -0.2) is 71.1 Å². The molecule has 2 amide bonds. The summed E-state index contributed by atoms with van der Waals surface area (Å²) in [7, 11) is 0. The molecule has 0 bridgehead atoms. The molecule has 33 heavy (non-hydrogen) atoms. The zero-order chi connectivity index (χ0) is 23.4. The van der Waals surface area contributed by atoms with Gasteiger partial charge in [0, 0.05) is 49.7 Å². The molecule has 2 fully saturated rings. The van der Waals surface area contributed by atoms with Crippen LogP contribution < -0.4 is 10.2 Å². The van der Waals surface area contributed by atoms with E-state index < -0.39 is 0 Å². The van der Waals surface area contributed by atoms with Crippen molar-refractivity contribution in [1.29, 1.82) is 0 Å². The number of piperazine rings is 1. The van der Waals surface area contributed by atoms with E-state index in [-0.39, 0.29) is 18.1 Å². The molecule has 2 aromatic rings. The zero-order valence-electron chi connectivity index (χ0n) is 20.8. The number of nitrogens with zero attached hydrogens (tertiary/aromatic N) is 4. The number of rotatable bonds is 7. The third-order valence-corrected chi connectivity index (χ3v) is 8.22. The van der Waals surface area contributed by atoms with Gasteiger partial charge in [-0.05, 0) is 95.9 Å². The molecule has 1 aromatic carbocycles. The molecule has 182 valence electrons. The lowest BCUT2D eigenvalue weighted by Crippen LogP contribution is -2.51. The predicted octanol–water partition coefficient (Wildman–Crippen LogP) is 5.20. The van der Waals surface area contributed by atoms with E-state index in [1.165, 1.54) is 41.7 Å². The van der Waals surface area contributed by atoms with Crippen molar-refractivity contribution in [3.8, 4) is 0 Å². The summed E-state index contributed by atoms with van der Waals surface area (Å²) in [4.78, 5) is 19.7. The molecule has 1 saturated heterocycles. The van der Waals surface area contributed by atoms with Crippen molar-refractivity contribution in [3.63, 3.8) is 0 Å². The van der Waals surface area contributed by atoms with Gasteiger partial charge < -0.3 is 15.1 Å². The van der Waals surface area contributed by atoms with Crippen molar-refractivity contribution in [3.05, 3.63) is 24.3 Å². The van der Waals surface area contributed by atoms with E-state index in [2.05, 4.69) is 67.1 Å². The normalized spacial score (nSPS) is 22.3. The molecular weight excluding hydrogens is 430 g/mol. The molecule has 1 aliphatic heterocycles. The van der Waals surface area contributed by atoms with Crippen LogP contribution in [0.5, 0.6) is 0 Å². The molecule has 0 radical (unpaired) electrons. The number of urea groups is 1. The van der Waals surface area contributed by atoms with E-state index >= 15 is 0 Å². The van der Waals surface area contributed by atoms with Crippen LogP contribution in [0.1, 0.15) is 59.8 Å². The van der Waals surface area contributed by atoms with Crippen molar-refractivity contribution in [1.82, 2.24) is 19.5 Å². The second kappa shape index (κ2) is 11.0. The van der Waals surface area contributed by atoms with E-state index in [0.29, 0.717) is 6.04 Å². The number of anilines is 1. The van der Waals surface area contributed by atoms with Gasteiger partial charge in [-0.25, -0.2) is 4.79 Å². The zero-order valence-corrected chi connectivity index (χ0v) is 21.6. The predicted molar refractivity (Wildman–Crippen MR) is 139 cm³/mol. The molecule has 2 heterocycles. The van der Waals surface area contributed by atoms with Gasteiger partial charge in [-0.15, -0.1) is 0 Å². The minimum atomic E-state index is 0.106. The lowest BCUT2D eigenvalue weighted by molar-refractivity contribution is 0.154. The first-order valence-electron chi connectivity index (χ1n) is 12.8. The van der Waals surface area contributed by atoms with E-state index in [1.807, 2.05) is 4.90 Å². The highest BCUT2D eigenvalue weighted by Crippen LogP contribution is 2.30. The van der Waals surface area contributed by atoms with Crippen LogP contribution in [0, 0.1) is 5.92 Å². The standard InChI is InChI=1S/C26H41N5OS/c1-19(2)31(20(3)4)26(32)27-22-11-9-21(10-12-22)13-14-29-15-17-30(18-16-29)25-23-7-5-6-8-24(23)33-28-25/h5-8,19-22H,9-18H2,1-4H3,(H,27,32). The quantitative estimate of drug-likeness (QED) is 0.603. The Bertz CT molecular complexity index is 889. The fourth-order valence-electron chi connectivity index (χ4n) is 5.56. The topological polar surface area (TPSA) is 51.7 Å². The Balaban J connectivity index is 1.16. The summed E-state index contributed by atoms with van der Waals surface area (Å²) in [6.45, 7) is 13.9. The molecular formula is C26H41N5OS. The Morgan fingerprint density at radius 3 is 2.39 bits per heavy atom. The molecule has 0 unspecified atom stereocenters. The maximum Gasteiger partial charge on any atom is 0.318 e. The largest absolute Gasteiger partial charge is 0.353 e. The monoisotopic (exact) mass is 471 g/mol. The number of aromatic nitrogens is 1. The van der Waals surface area contributed by atoms with Gasteiger partial charge in [0.15, 0.2) is 0 Å². The van der Waals surface area contributed by atoms with Crippen molar-refractivity contribution in [2.75, 3.05) is 37.6 Å². The minimum Gasteiger partial charge on any atom is -0.353 e. The lowest BCUT2D eigenvalue weighted by atomic mass is 9.84. The van der Waals surface area contributed by atoms with Crippen LogP contribution in [0.4, 0.5) is 10.6 Å². The van der Waals surface area contributed by atoms with Gasteiger partial charge in [-0.3, -0.25) is 4.90 Å². The highest BCUT2D eigenvalue weighted by atomic mass is 32.1. The molecule has 4 rings (SSSR count). The second-order valence-electron chi connectivity index (χ2n) is 10.4. The molecule has 1 saturated carbocycles. The Labute approximate surface area is 203 Å². The minimum absolute atomic E-state index is 0.106. The summed E-state index contributed by atoms with van der Waals surface area (Å²) in [6, 6.07) is 9.48. The van der Waals surface area contributed by atoms with Crippen molar-refractivity contribution >= 4 is 33.5 Å². The van der Waals surface area contributed by atoms with Crippen molar-refractivity contribution in [2.24, 2.45) is 5.92 Å². The Morgan fingerprint density at radius 2 is 1.73 bits per heavy atom. The van der Waals surface area contributed by atoms with Crippen LogP contribution in [0.2, 0.25) is 0 Å². The van der Waals surface area contributed by atoms with Gasteiger partial charge in [0.25, 0.3) is 0 Å². The first kappa shape index (κ1) is 24.3. The third-order valence-electron chi connectivity index (χ3n) is 7.41. The van der Waals surface area contributed by atoms with Crippen molar-refractivity contribution < 1.29 is 4.79 Å². The fraction of sp³-hybridized carbons (Fsp3) is 0.692. The van der Waals surface area contributed by atoms with Crippen LogP contribution in [0.25, 0.3) is 10.1 Å². The summed E-state index contributed by atoms with van der Waals surface area (Å²) in [6.07, 6.45) is 5.98. The van der Waals surface area contributed by atoms with E-state index in [4.69, 9.17) is 4.37 Å². The lowest BCUT2D eigenvalue weighted by Gasteiger charge is -2.37. The van der Waals surface area contributed by atoms with Gasteiger partial charge in [0.1, 0.15) is 5.82 Å². The summed E-state index contributed by atoms with van der Waals surface area (Å²) >= 11 is 1.61. The highest BCUT2D eigenvalue weighted by Gasteiger charge is 2.27. The van der Waals surface area contributed by atoms with E-state index in [1.54, 1.807) is 11.5 Å². The first-order valence-corrected chi connectivity index (χ1v) is 13.6. The summed E-state index contributed by atoms with van der Waals surface area (Å²) in [5, 5.41) is 4.60. The Morgan fingerprint density at radius 1 is 1.06 bits per heavy atom. The number of hydrogen-bond acceptors (Lipinski definition) is 5. The number of hydrogen-bond donors (Lipinski definition) is 1. The van der Waals surface area contributed by atoms with E-state index in [9.17, 15) is 4.79 Å². The van der Waals surface area contributed by atoms with Crippen LogP contribution in [0.15, 0.2) is 24.3 Å². The van der Waals surface area contributed by atoms with Gasteiger partial charge in [-0.2, -0.15) is 4.37 Å². The van der Waals surface area contributed by atoms with Crippen LogP contribution >= 0.6 is 11.5 Å². The maximum absolute atomic E-state index is 12.7. The van der Waals surface area contributed by atoms with Gasteiger partial charge in [-0.1, -0.05) is 12.1 Å². The average Bonchev–Trinajstić information content (AvgIpc) is 3.23. The number of amides is 2. The summed E-state index contributed by atoms with van der Waals surface area (Å²) in [5.74, 6) is 1.97. The van der Waals surface area contributed by atoms with Gasteiger partial charge >= 0.3 is 6.03 Å². The molecule has 1 N–H and O–H groups in total. The Kier molecular flexibility index (Phi) is 8.12. The molecule has 2 aliphatic rings. The number of benzene rings is 1. The third kappa shape index (κ3) is 5.99. The average molecular weight is 472 g/mol. The molecule has 1 aliphatic carbocycles. The number of fused-ring (bicyclic) bond motifs is 1. The Hall–Kier alpha value is -1.86. The molecule has 1 aromatic heterocycles. The van der Waals surface area contributed by atoms with Crippen LogP contribution in [0.3, 0.4) is 0 Å². The smallest absolute Gasteiger partial charge is 0.318 e. The number of carbonyl (C=O) groups excluding carboxylic acids is 1. The van der Waals surface area contributed by atoms with Gasteiger partial charge in [0.05, 0.1) is 4.70 Å². The fourth-order valence-corrected chi connectivity index (χ4v) is 6.35. The van der Waals surface area contributed by atoms with E-state index in [0.717, 1.165) is 44.9 Å². The maximum atomic E-state index is 12.7. The van der Waals surface area contributed by atoms with Crippen molar-refractivity contribution in [2.45, 2.75) is 77.9 Å². The summed E-state index contributed by atoms with van der Waals surface area (Å²) < 4.78 is 6.02. The second-order valence-corrected chi connectivity index (χ2v) is 11.2. The molecule has 7 heteroatoms. The number of carbonyl (C=O) groups is 1. The highest BCUT2D eigenvalue weighted by molar-refractivity contribution is 7.13. The molecule has 0 spiro atoms. The number of nitrogens with one attached hydrogen (secondary N) is 1.